The number of amides is 2. The Labute approximate surface area is 231 Å². The molecule has 0 saturated carbocycles. The van der Waals surface area contributed by atoms with E-state index in [0.29, 0.717) is 12.1 Å². The van der Waals surface area contributed by atoms with Crippen LogP contribution in [0.2, 0.25) is 5.02 Å². The Morgan fingerprint density at radius 1 is 0.950 bits per heavy atom. The van der Waals surface area contributed by atoms with Gasteiger partial charge in [0.15, 0.2) is 9.84 Å². The van der Waals surface area contributed by atoms with Crippen LogP contribution in [0.4, 0.5) is 33.3 Å². The maximum atomic E-state index is 14.1. The topological polar surface area (TPSA) is 105 Å². The average molecular weight is 604 g/mol. The number of aromatic nitrogens is 1. The van der Waals surface area contributed by atoms with Crippen molar-refractivity contribution in [1.82, 2.24) is 4.98 Å². The van der Waals surface area contributed by atoms with E-state index in [2.05, 4.69) is 15.6 Å². The predicted octanol–water partition coefficient (Wildman–Crippen LogP) is 5.92. The van der Waals surface area contributed by atoms with Crippen molar-refractivity contribution >= 4 is 44.6 Å². The second kappa shape index (κ2) is 11.5. The summed E-state index contributed by atoms with van der Waals surface area (Å²) in [6, 6.07) is 6.66. The minimum Gasteiger partial charge on any atom is -0.326 e. The van der Waals surface area contributed by atoms with Gasteiger partial charge in [-0.2, -0.15) is 13.2 Å². The van der Waals surface area contributed by atoms with Crippen molar-refractivity contribution in [3.63, 3.8) is 0 Å². The quantitative estimate of drug-likeness (QED) is 0.246. The first-order valence-corrected chi connectivity index (χ1v) is 13.6. The molecule has 3 rings (SSSR count). The zero-order chi connectivity index (χ0) is 30.0. The summed E-state index contributed by atoms with van der Waals surface area (Å²) in [5.41, 5.74) is -4.12. The molecule has 0 aliphatic heterocycles. The molecule has 1 aromatic heterocycles. The number of pyridine rings is 1. The first-order valence-electron chi connectivity index (χ1n) is 11.6. The highest BCUT2D eigenvalue weighted by molar-refractivity contribution is 7.91. The van der Waals surface area contributed by atoms with Gasteiger partial charge in [-0.15, -0.1) is 0 Å². The fourth-order valence-electron chi connectivity index (χ4n) is 3.66. The van der Waals surface area contributed by atoms with Crippen molar-refractivity contribution in [2.24, 2.45) is 0 Å². The van der Waals surface area contributed by atoms with Crippen LogP contribution in [0, 0.1) is 11.6 Å². The number of anilines is 2. The number of alkyl halides is 3. The molecule has 3 aromatic rings. The second-order valence-corrected chi connectivity index (χ2v) is 11.9. The molecule has 0 fully saturated rings. The summed E-state index contributed by atoms with van der Waals surface area (Å²) in [5, 5.41) is 3.97. The van der Waals surface area contributed by atoms with Gasteiger partial charge >= 0.3 is 6.18 Å². The first kappa shape index (κ1) is 31.0. The van der Waals surface area contributed by atoms with E-state index in [9.17, 15) is 40.0 Å². The van der Waals surface area contributed by atoms with Gasteiger partial charge < -0.3 is 10.6 Å². The van der Waals surface area contributed by atoms with Gasteiger partial charge in [-0.3, -0.25) is 14.6 Å². The van der Waals surface area contributed by atoms with E-state index >= 15 is 0 Å². The summed E-state index contributed by atoms with van der Waals surface area (Å²) in [7, 11) is -3.49. The van der Waals surface area contributed by atoms with E-state index in [1.807, 2.05) is 0 Å². The number of benzene rings is 2. The second-order valence-electron chi connectivity index (χ2n) is 9.20. The standard InChI is InChI=1S/C26H23ClF5N3O4S/c1-4-40(38,39)16-7-5-14(33-13-16)10-23(36)34-15-6-8-17(18(9-15)26(30,31)32)25(2,3)24(37)35-22-11-19(27)20(28)12-21(22)29/h5-9,11-13H,4,10H2,1-3H3,(H,34,36)(H,35,37). The third-order valence-electron chi connectivity index (χ3n) is 5.99. The normalized spacial score (nSPS) is 12.2. The van der Waals surface area contributed by atoms with Crippen molar-refractivity contribution < 1.29 is 40.0 Å². The number of hydrogen-bond acceptors (Lipinski definition) is 5. The van der Waals surface area contributed by atoms with E-state index in [-0.39, 0.29) is 28.5 Å². The predicted molar refractivity (Wildman–Crippen MR) is 139 cm³/mol. The lowest BCUT2D eigenvalue weighted by Crippen LogP contribution is -2.37. The minimum absolute atomic E-state index is 0.0264. The molecule has 0 aliphatic carbocycles. The van der Waals surface area contributed by atoms with Gasteiger partial charge in [0, 0.05) is 23.6 Å². The molecule has 0 spiro atoms. The molecule has 0 radical (unpaired) electrons. The Bertz CT molecular complexity index is 1560. The molecular weight excluding hydrogens is 581 g/mol. The molecule has 2 aromatic carbocycles. The molecule has 14 heteroatoms. The molecule has 214 valence electrons. The van der Waals surface area contributed by atoms with E-state index < -0.39 is 66.7 Å². The summed E-state index contributed by atoms with van der Waals surface area (Å²) in [6.07, 6.45) is -4.20. The van der Waals surface area contributed by atoms with E-state index in [4.69, 9.17) is 11.6 Å². The largest absolute Gasteiger partial charge is 0.416 e. The molecule has 0 atom stereocenters. The summed E-state index contributed by atoms with van der Waals surface area (Å²) in [6.45, 7) is 3.83. The monoisotopic (exact) mass is 603 g/mol. The molecule has 1 heterocycles. The number of rotatable bonds is 8. The minimum atomic E-state index is -4.94. The summed E-state index contributed by atoms with van der Waals surface area (Å²) in [4.78, 5) is 29.3. The molecule has 40 heavy (non-hydrogen) atoms. The Hall–Kier alpha value is -3.58. The van der Waals surface area contributed by atoms with Crippen LogP contribution in [-0.2, 0) is 37.4 Å². The van der Waals surface area contributed by atoms with E-state index in [1.165, 1.54) is 32.9 Å². The molecule has 2 amide bonds. The molecule has 0 bridgehead atoms. The number of sulfone groups is 1. The van der Waals surface area contributed by atoms with Crippen molar-refractivity contribution in [3.8, 4) is 0 Å². The highest BCUT2D eigenvalue weighted by Crippen LogP contribution is 2.40. The fourth-order valence-corrected chi connectivity index (χ4v) is 4.64. The maximum Gasteiger partial charge on any atom is 0.416 e. The number of carbonyl (C=O) groups is 2. The van der Waals surface area contributed by atoms with Gasteiger partial charge in [-0.25, -0.2) is 17.2 Å². The van der Waals surface area contributed by atoms with Crippen LogP contribution < -0.4 is 10.6 Å². The van der Waals surface area contributed by atoms with Gasteiger partial charge in [0.25, 0.3) is 0 Å². The third kappa shape index (κ3) is 6.94. The van der Waals surface area contributed by atoms with Crippen LogP contribution >= 0.6 is 11.6 Å². The lowest BCUT2D eigenvalue weighted by Gasteiger charge is -2.28. The summed E-state index contributed by atoms with van der Waals surface area (Å²) in [5.74, 6) is -4.14. The van der Waals surface area contributed by atoms with E-state index in [1.54, 1.807) is 0 Å². The van der Waals surface area contributed by atoms with Crippen LogP contribution in [0.15, 0.2) is 53.6 Å². The smallest absolute Gasteiger partial charge is 0.326 e. The molecule has 0 saturated heterocycles. The van der Waals surface area contributed by atoms with Gasteiger partial charge in [-0.1, -0.05) is 24.6 Å². The summed E-state index contributed by atoms with van der Waals surface area (Å²) >= 11 is 5.62. The van der Waals surface area contributed by atoms with Crippen LogP contribution in [0.3, 0.4) is 0 Å². The van der Waals surface area contributed by atoms with Crippen LogP contribution in [0.1, 0.15) is 37.6 Å². The zero-order valence-electron chi connectivity index (χ0n) is 21.3. The number of carbonyl (C=O) groups excluding carboxylic acids is 2. The van der Waals surface area contributed by atoms with Crippen LogP contribution in [0.5, 0.6) is 0 Å². The Morgan fingerprint density at radius 3 is 2.20 bits per heavy atom. The van der Waals surface area contributed by atoms with Crippen molar-refractivity contribution in [2.75, 3.05) is 16.4 Å². The zero-order valence-corrected chi connectivity index (χ0v) is 22.9. The third-order valence-corrected chi connectivity index (χ3v) is 8.00. The molecule has 0 unspecified atom stereocenters. The molecular formula is C26H23ClF5N3O4S. The maximum absolute atomic E-state index is 14.1. The van der Waals surface area contributed by atoms with Gasteiger partial charge in [-0.05, 0) is 49.7 Å². The number of halogens is 6. The van der Waals surface area contributed by atoms with Crippen LogP contribution in [0.25, 0.3) is 0 Å². The van der Waals surface area contributed by atoms with E-state index in [0.717, 1.165) is 24.4 Å². The van der Waals surface area contributed by atoms with Crippen molar-refractivity contribution in [1.29, 1.82) is 0 Å². The Kier molecular flexibility index (Phi) is 8.90. The highest BCUT2D eigenvalue weighted by atomic mass is 35.5. The number of nitrogens with zero attached hydrogens (tertiary/aromatic N) is 1. The molecule has 2 N–H and O–H groups in total. The first-order chi connectivity index (χ1) is 18.5. The van der Waals surface area contributed by atoms with Gasteiger partial charge in [0.05, 0.1) is 38.8 Å². The number of hydrogen-bond donors (Lipinski definition) is 2. The SMILES string of the molecule is CCS(=O)(=O)c1ccc(CC(=O)Nc2ccc(C(C)(C)C(=O)Nc3cc(Cl)c(F)cc3F)c(C(F)(F)F)c2)nc1. The van der Waals surface area contributed by atoms with Crippen molar-refractivity contribution in [3.05, 3.63) is 82.1 Å². The number of nitrogens with one attached hydrogen (secondary N) is 2. The lowest BCUT2D eigenvalue weighted by atomic mass is 9.80. The van der Waals surface area contributed by atoms with Gasteiger partial charge in [0.2, 0.25) is 11.8 Å². The lowest BCUT2D eigenvalue weighted by molar-refractivity contribution is -0.139. The average Bonchev–Trinajstić information content (AvgIpc) is 2.86. The van der Waals surface area contributed by atoms with Crippen molar-refractivity contribution in [2.45, 2.75) is 43.7 Å². The molecule has 7 nitrogen and oxygen atoms in total. The highest BCUT2D eigenvalue weighted by Gasteiger charge is 2.41. The van der Waals surface area contributed by atoms with Gasteiger partial charge in [0.1, 0.15) is 11.6 Å². The summed E-state index contributed by atoms with van der Waals surface area (Å²) < 4.78 is 93.4. The van der Waals surface area contributed by atoms with Crippen LogP contribution in [-0.4, -0.2) is 31.0 Å². The molecule has 0 aliphatic rings. The fraction of sp³-hybridized carbons (Fsp3) is 0.269. The Morgan fingerprint density at radius 2 is 1.62 bits per heavy atom. The Balaban J connectivity index is 1.84.